The van der Waals surface area contributed by atoms with Gasteiger partial charge in [-0.2, -0.15) is 0 Å². The smallest absolute Gasteiger partial charge is 0.180 e. The van der Waals surface area contributed by atoms with E-state index in [4.69, 9.17) is 16.3 Å². The third kappa shape index (κ3) is 3.45. The van der Waals surface area contributed by atoms with E-state index >= 15 is 0 Å². The molecule has 0 amide bonds. The zero-order chi connectivity index (χ0) is 11.1. The van der Waals surface area contributed by atoms with Crippen LogP contribution in [-0.2, 0) is 0 Å². The van der Waals surface area contributed by atoms with E-state index in [9.17, 15) is 4.39 Å². The summed E-state index contributed by atoms with van der Waals surface area (Å²) >= 11 is 5.50. The van der Waals surface area contributed by atoms with Gasteiger partial charge in [-0.3, -0.25) is 0 Å². The first kappa shape index (κ1) is 11.9. The van der Waals surface area contributed by atoms with Crippen molar-refractivity contribution in [2.24, 2.45) is 0 Å². The summed E-state index contributed by atoms with van der Waals surface area (Å²) in [7, 11) is 1.43. The van der Waals surface area contributed by atoms with Crippen LogP contribution in [0.5, 0.6) is 5.75 Å². The topological polar surface area (TPSA) is 9.23 Å². The van der Waals surface area contributed by atoms with Crippen LogP contribution in [0.3, 0.4) is 0 Å². The van der Waals surface area contributed by atoms with Crippen molar-refractivity contribution in [3.63, 3.8) is 0 Å². The van der Waals surface area contributed by atoms with Crippen LogP contribution in [-0.4, -0.2) is 13.0 Å². The summed E-state index contributed by atoms with van der Waals surface area (Å²) in [6.45, 7) is 0. The summed E-state index contributed by atoms with van der Waals surface area (Å²) in [5.74, 6) is 6.02. The lowest BCUT2D eigenvalue weighted by Gasteiger charge is -2.01. The van der Waals surface area contributed by atoms with E-state index in [1.165, 1.54) is 7.11 Å². The van der Waals surface area contributed by atoms with Crippen molar-refractivity contribution in [3.05, 3.63) is 29.6 Å². The maximum Gasteiger partial charge on any atom is 0.180 e. The summed E-state index contributed by atoms with van der Waals surface area (Å²) in [4.78, 5) is 0. The van der Waals surface area contributed by atoms with Crippen LogP contribution in [0.2, 0.25) is 0 Å². The number of alkyl halides is 1. The van der Waals surface area contributed by atoms with E-state index in [1.54, 1.807) is 18.2 Å². The molecule has 1 rings (SSSR count). The van der Waals surface area contributed by atoms with Crippen LogP contribution in [0.15, 0.2) is 18.2 Å². The van der Waals surface area contributed by atoms with Gasteiger partial charge in [0.25, 0.3) is 0 Å². The van der Waals surface area contributed by atoms with E-state index in [-0.39, 0.29) is 5.75 Å². The Morgan fingerprint density at radius 2 is 2.27 bits per heavy atom. The number of halogens is 2. The largest absolute Gasteiger partial charge is 0.494 e. The van der Waals surface area contributed by atoms with Gasteiger partial charge in [-0.1, -0.05) is 17.9 Å². The lowest BCUT2D eigenvalue weighted by atomic mass is 10.2. The second-order valence-electron chi connectivity index (χ2n) is 2.92. The van der Waals surface area contributed by atoms with Crippen molar-refractivity contribution in [1.82, 2.24) is 0 Å². The van der Waals surface area contributed by atoms with E-state index in [1.807, 2.05) is 0 Å². The van der Waals surface area contributed by atoms with E-state index < -0.39 is 5.82 Å². The molecule has 0 radical (unpaired) electrons. The third-order valence-corrected chi connectivity index (χ3v) is 2.11. The Bertz CT molecular complexity index is 379. The van der Waals surface area contributed by atoms with E-state index in [0.717, 1.165) is 6.42 Å². The Morgan fingerprint density at radius 3 is 2.93 bits per heavy atom. The van der Waals surface area contributed by atoms with Crippen molar-refractivity contribution >= 4 is 11.6 Å². The Hall–Kier alpha value is -1.20. The van der Waals surface area contributed by atoms with Crippen LogP contribution in [0.1, 0.15) is 18.4 Å². The molecule has 0 fully saturated rings. The fourth-order valence-electron chi connectivity index (χ4n) is 1.08. The number of ether oxygens (including phenoxy) is 1. The van der Waals surface area contributed by atoms with Gasteiger partial charge < -0.3 is 4.74 Å². The van der Waals surface area contributed by atoms with Gasteiger partial charge in [-0.05, 0) is 18.6 Å². The molecule has 1 nitrogen and oxygen atoms in total. The molecule has 0 heterocycles. The molecule has 0 saturated heterocycles. The summed E-state index contributed by atoms with van der Waals surface area (Å²) in [5, 5.41) is 0. The van der Waals surface area contributed by atoms with E-state index in [0.29, 0.717) is 17.9 Å². The van der Waals surface area contributed by atoms with Crippen LogP contribution in [0.25, 0.3) is 0 Å². The normalized spacial score (nSPS) is 9.27. The molecule has 0 saturated carbocycles. The Morgan fingerprint density at radius 1 is 1.47 bits per heavy atom. The highest BCUT2D eigenvalue weighted by molar-refractivity contribution is 6.17. The van der Waals surface area contributed by atoms with Gasteiger partial charge in [0.15, 0.2) is 11.6 Å². The molecule has 0 unspecified atom stereocenters. The number of unbranched alkanes of at least 4 members (excludes halogenated alkanes) is 1. The lowest BCUT2D eigenvalue weighted by molar-refractivity contribution is 0.386. The molecule has 0 bridgehead atoms. The minimum absolute atomic E-state index is 0.221. The van der Waals surface area contributed by atoms with Gasteiger partial charge in [0.2, 0.25) is 0 Å². The quantitative estimate of drug-likeness (QED) is 0.437. The van der Waals surface area contributed by atoms with Gasteiger partial charge in [0.05, 0.1) is 12.7 Å². The second kappa shape index (κ2) is 6.31. The van der Waals surface area contributed by atoms with Crippen molar-refractivity contribution < 1.29 is 9.13 Å². The second-order valence-corrected chi connectivity index (χ2v) is 3.29. The van der Waals surface area contributed by atoms with Crippen molar-refractivity contribution in [2.45, 2.75) is 12.8 Å². The van der Waals surface area contributed by atoms with Crippen molar-refractivity contribution in [3.8, 4) is 17.6 Å². The summed E-state index contributed by atoms with van der Waals surface area (Å²) in [6.07, 6.45) is 1.50. The molecule has 0 aliphatic carbocycles. The van der Waals surface area contributed by atoms with Gasteiger partial charge >= 0.3 is 0 Å². The molecule has 0 atom stereocenters. The molecule has 0 aromatic heterocycles. The number of methoxy groups -OCH3 is 1. The minimum Gasteiger partial charge on any atom is -0.494 e. The fourth-order valence-corrected chi connectivity index (χ4v) is 1.21. The van der Waals surface area contributed by atoms with E-state index in [2.05, 4.69) is 11.8 Å². The maximum atomic E-state index is 13.5. The van der Waals surface area contributed by atoms with Crippen molar-refractivity contribution in [2.75, 3.05) is 13.0 Å². The lowest BCUT2D eigenvalue weighted by Crippen LogP contribution is -1.90. The molecule has 3 heteroatoms. The van der Waals surface area contributed by atoms with Gasteiger partial charge in [0, 0.05) is 12.3 Å². The third-order valence-electron chi connectivity index (χ3n) is 1.84. The maximum absolute atomic E-state index is 13.5. The summed E-state index contributed by atoms with van der Waals surface area (Å²) < 4.78 is 18.4. The first-order chi connectivity index (χ1) is 7.29. The first-order valence-corrected chi connectivity index (χ1v) is 5.20. The molecule has 0 aliphatic rings. The first-order valence-electron chi connectivity index (χ1n) is 4.67. The number of hydrogen-bond acceptors (Lipinski definition) is 1. The molecule has 15 heavy (non-hydrogen) atoms. The van der Waals surface area contributed by atoms with Crippen LogP contribution in [0, 0.1) is 17.7 Å². The molecular weight excluding hydrogens is 215 g/mol. The summed E-state index contributed by atoms with van der Waals surface area (Å²) in [6, 6.07) is 4.91. The standard InChI is InChI=1S/C12H12ClFO/c1-15-11-8-5-7-10(12(11)14)6-3-2-4-9-13/h5,7-8H,2,4,9H2,1H3. The van der Waals surface area contributed by atoms with Crippen LogP contribution < -0.4 is 4.74 Å². The monoisotopic (exact) mass is 226 g/mol. The van der Waals surface area contributed by atoms with Crippen LogP contribution in [0.4, 0.5) is 4.39 Å². The Labute approximate surface area is 94.2 Å². The highest BCUT2D eigenvalue weighted by atomic mass is 35.5. The average Bonchev–Trinajstić information content (AvgIpc) is 2.26. The zero-order valence-corrected chi connectivity index (χ0v) is 9.27. The zero-order valence-electron chi connectivity index (χ0n) is 8.52. The molecule has 1 aromatic carbocycles. The SMILES string of the molecule is COc1cccc(C#CCCCCl)c1F. The predicted molar refractivity (Wildman–Crippen MR) is 59.8 cm³/mol. The predicted octanol–water partition coefficient (Wildman–Crippen LogP) is 3.20. The number of benzene rings is 1. The highest BCUT2D eigenvalue weighted by Crippen LogP contribution is 2.18. The van der Waals surface area contributed by atoms with Gasteiger partial charge in [0.1, 0.15) is 0 Å². The Kier molecular flexibility index (Phi) is 5.00. The van der Waals surface area contributed by atoms with Crippen LogP contribution >= 0.6 is 11.6 Å². The number of rotatable bonds is 3. The molecule has 1 aromatic rings. The van der Waals surface area contributed by atoms with Crippen molar-refractivity contribution in [1.29, 1.82) is 0 Å². The number of hydrogen-bond donors (Lipinski definition) is 0. The fraction of sp³-hybridized carbons (Fsp3) is 0.333. The summed E-state index contributed by atoms with van der Waals surface area (Å²) in [5.41, 5.74) is 0.365. The molecular formula is C12H12ClFO. The van der Waals surface area contributed by atoms with Gasteiger partial charge in [-0.15, -0.1) is 11.6 Å². The molecule has 80 valence electrons. The highest BCUT2D eigenvalue weighted by Gasteiger charge is 2.04. The average molecular weight is 227 g/mol. The Balaban J connectivity index is 2.79. The molecule has 0 aliphatic heterocycles. The van der Waals surface area contributed by atoms with Gasteiger partial charge in [-0.25, -0.2) is 4.39 Å². The minimum atomic E-state index is -0.404. The molecule has 0 spiro atoms. The molecule has 0 N–H and O–H groups in total.